The fourth-order valence-electron chi connectivity index (χ4n) is 3.10. The minimum atomic E-state index is 0.354. The highest BCUT2D eigenvalue weighted by atomic mass is 35.5. The number of rotatable bonds is 8. The predicted molar refractivity (Wildman–Crippen MR) is 122 cm³/mol. The van der Waals surface area contributed by atoms with Crippen LogP contribution in [0.25, 0.3) is 11.1 Å². The summed E-state index contributed by atoms with van der Waals surface area (Å²) in [4.78, 5) is 15.6. The Labute approximate surface area is 186 Å². The third-order valence-corrected chi connectivity index (χ3v) is 5.01. The number of halogens is 1. The van der Waals surface area contributed by atoms with Crippen LogP contribution >= 0.6 is 11.6 Å². The molecule has 5 heteroatoms. The molecule has 0 fully saturated rings. The van der Waals surface area contributed by atoms with Crippen LogP contribution < -0.4 is 9.47 Å². The van der Waals surface area contributed by atoms with Crippen molar-refractivity contribution < 1.29 is 14.3 Å². The number of benzene rings is 3. The molecule has 0 bridgehead atoms. The van der Waals surface area contributed by atoms with E-state index in [0.29, 0.717) is 35.6 Å². The first-order valence-electron chi connectivity index (χ1n) is 9.82. The van der Waals surface area contributed by atoms with Gasteiger partial charge in [0.15, 0.2) is 0 Å². The van der Waals surface area contributed by atoms with Crippen molar-refractivity contribution in [2.75, 3.05) is 0 Å². The van der Waals surface area contributed by atoms with Gasteiger partial charge in [-0.2, -0.15) is 4.98 Å². The maximum atomic E-state index is 11.1. The molecule has 0 radical (unpaired) electrons. The van der Waals surface area contributed by atoms with Crippen molar-refractivity contribution in [3.05, 3.63) is 113 Å². The molecule has 4 aromatic rings. The molecule has 0 N–H and O–H groups in total. The average Bonchev–Trinajstić information content (AvgIpc) is 2.83. The van der Waals surface area contributed by atoms with Crippen molar-refractivity contribution in [2.45, 2.75) is 13.2 Å². The maximum Gasteiger partial charge on any atom is 0.225 e. The summed E-state index contributed by atoms with van der Waals surface area (Å²) in [6.07, 6.45) is 0.765. The maximum absolute atomic E-state index is 11.1. The third kappa shape index (κ3) is 5.30. The fourth-order valence-corrected chi connectivity index (χ4v) is 3.39. The molecule has 0 saturated heterocycles. The molecule has 0 spiro atoms. The molecular weight excluding hydrogens is 410 g/mol. The number of hydrogen-bond acceptors (Lipinski definition) is 4. The zero-order valence-corrected chi connectivity index (χ0v) is 17.5. The van der Waals surface area contributed by atoms with Crippen molar-refractivity contribution in [1.29, 1.82) is 0 Å². The first-order valence-corrected chi connectivity index (χ1v) is 10.2. The van der Waals surface area contributed by atoms with Gasteiger partial charge in [0.1, 0.15) is 19.5 Å². The lowest BCUT2D eigenvalue weighted by Gasteiger charge is -2.14. The zero-order chi connectivity index (χ0) is 21.5. The van der Waals surface area contributed by atoms with Gasteiger partial charge in [0, 0.05) is 27.8 Å². The van der Waals surface area contributed by atoms with E-state index in [0.717, 1.165) is 28.5 Å². The lowest BCUT2D eigenvalue weighted by molar-refractivity contribution is 0.112. The summed E-state index contributed by atoms with van der Waals surface area (Å²) in [5.41, 5.74) is 4.04. The number of ether oxygens (including phenoxy) is 2. The number of nitrogens with zero attached hydrogens (tertiary/aromatic N) is 1. The number of carbonyl (C=O) groups is 1. The van der Waals surface area contributed by atoms with Crippen LogP contribution in [-0.2, 0) is 13.2 Å². The first kappa shape index (κ1) is 20.6. The van der Waals surface area contributed by atoms with E-state index in [1.165, 1.54) is 0 Å². The topological polar surface area (TPSA) is 48.4 Å². The van der Waals surface area contributed by atoms with Crippen molar-refractivity contribution in [3.63, 3.8) is 0 Å². The molecule has 154 valence electrons. The summed E-state index contributed by atoms with van der Waals surface area (Å²) in [6.45, 7) is 0.757. The Balaban J connectivity index is 1.63. The van der Waals surface area contributed by atoms with Crippen molar-refractivity contribution in [3.8, 4) is 22.9 Å². The summed E-state index contributed by atoms with van der Waals surface area (Å²) in [5, 5.41) is 0.453. The van der Waals surface area contributed by atoms with Crippen molar-refractivity contribution >= 4 is 17.9 Å². The number of carbonyl (C=O) groups excluding carboxylic acids is 1. The lowest BCUT2D eigenvalue weighted by atomic mass is 10.1. The van der Waals surface area contributed by atoms with Gasteiger partial charge in [-0.15, -0.1) is 0 Å². The number of pyridine rings is 1. The Hall–Kier alpha value is -3.63. The van der Waals surface area contributed by atoms with Crippen molar-refractivity contribution in [1.82, 2.24) is 4.98 Å². The highest BCUT2D eigenvalue weighted by Crippen LogP contribution is 2.36. The van der Waals surface area contributed by atoms with Crippen LogP contribution in [0.1, 0.15) is 21.5 Å². The third-order valence-electron chi connectivity index (χ3n) is 4.70. The van der Waals surface area contributed by atoms with Crippen LogP contribution in [0.4, 0.5) is 0 Å². The second-order valence-corrected chi connectivity index (χ2v) is 7.32. The summed E-state index contributed by atoms with van der Waals surface area (Å²) >= 11 is 6.44. The lowest BCUT2D eigenvalue weighted by Crippen LogP contribution is -2.02. The molecule has 0 aliphatic rings. The average molecular weight is 430 g/mol. The molecule has 1 heterocycles. The van der Waals surface area contributed by atoms with E-state index in [2.05, 4.69) is 4.98 Å². The van der Waals surface area contributed by atoms with E-state index < -0.39 is 0 Å². The summed E-state index contributed by atoms with van der Waals surface area (Å²) in [7, 11) is 0. The molecule has 31 heavy (non-hydrogen) atoms. The number of aldehydes is 1. The molecule has 0 amide bonds. The van der Waals surface area contributed by atoms with Gasteiger partial charge in [-0.3, -0.25) is 4.79 Å². The second kappa shape index (κ2) is 9.92. The van der Waals surface area contributed by atoms with Gasteiger partial charge in [-0.1, -0.05) is 84.4 Å². The molecule has 1 aromatic heterocycles. The van der Waals surface area contributed by atoms with Gasteiger partial charge in [-0.25, -0.2) is 0 Å². The molecule has 3 aromatic carbocycles. The van der Waals surface area contributed by atoms with Crippen LogP contribution in [0.15, 0.2) is 91.0 Å². The monoisotopic (exact) mass is 429 g/mol. The molecular formula is C26H20ClNO3. The summed E-state index contributed by atoms with van der Waals surface area (Å²) < 4.78 is 11.9. The fraction of sp³-hybridized carbons (Fsp3) is 0.0769. The summed E-state index contributed by atoms with van der Waals surface area (Å²) in [5.74, 6) is 0.867. The molecule has 0 saturated carbocycles. The molecule has 0 atom stereocenters. The van der Waals surface area contributed by atoms with Crippen LogP contribution in [-0.4, -0.2) is 11.3 Å². The van der Waals surface area contributed by atoms with Crippen LogP contribution in [0.2, 0.25) is 5.02 Å². The van der Waals surface area contributed by atoms with E-state index in [-0.39, 0.29) is 0 Å². The first-order chi connectivity index (χ1) is 15.2. The molecule has 0 unspecified atom stereocenters. The van der Waals surface area contributed by atoms with Gasteiger partial charge >= 0.3 is 0 Å². The summed E-state index contributed by atoms with van der Waals surface area (Å²) in [6, 6.07) is 28.5. The minimum Gasteiger partial charge on any atom is -0.473 e. The molecule has 4 nitrogen and oxygen atoms in total. The minimum absolute atomic E-state index is 0.354. The standard InChI is InChI=1S/C26H20ClNO3/c27-24-15-21(16-29)11-12-22(24)23-13-14-25(30-17-19-7-3-1-4-8-19)28-26(23)31-18-20-9-5-2-6-10-20/h1-16H,17-18H2. The van der Waals surface area contributed by atoms with Gasteiger partial charge in [0.05, 0.1) is 0 Å². The van der Waals surface area contributed by atoms with Crippen molar-refractivity contribution in [2.24, 2.45) is 0 Å². The molecule has 4 rings (SSSR count). The Kier molecular flexibility index (Phi) is 6.60. The molecule has 0 aliphatic carbocycles. The predicted octanol–water partition coefficient (Wildman–Crippen LogP) is 6.37. The van der Waals surface area contributed by atoms with Gasteiger partial charge in [-0.05, 0) is 23.3 Å². The van der Waals surface area contributed by atoms with E-state index in [4.69, 9.17) is 21.1 Å². The van der Waals surface area contributed by atoms with Gasteiger partial charge < -0.3 is 9.47 Å². The van der Waals surface area contributed by atoms with Gasteiger partial charge in [0.25, 0.3) is 0 Å². The molecule has 0 aliphatic heterocycles. The van der Waals surface area contributed by atoms with E-state index in [1.54, 1.807) is 24.3 Å². The van der Waals surface area contributed by atoms with Crippen LogP contribution in [0.3, 0.4) is 0 Å². The quantitative estimate of drug-likeness (QED) is 0.305. The Bertz CT molecular complexity index is 1160. The zero-order valence-electron chi connectivity index (χ0n) is 16.7. The SMILES string of the molecule is O=Cc1ccc(-c2ccc(OCc3ccccc3)nc2OCc2ccccc2)c(Cl)c1. The number of hydrogen-bond donors (Lipinski definition) is 0. The smallest absolute Gasteiger partial charge is 0.225 e. The van der Waals surface area contributed by atoms with Gasteiger partial charge in [0.2, 0.25) is 11.8 Å². The highest BCUT2D eigenvalue weighted by Gasteiger charge is 2.14. The van der Waals surface area contributed by atoms with Crippen LogP contribution in [0, 0.1) is 0 Å². The van der Waals surface area contributed by atoms with E-state index in [1.807, 2.05) is 66.7 Å². The Morgan fingerprint density at radius 3 is 1.97 bits per heavy atom. The van der Waals surface area contributed by atoms with E-state index in [9.17, 15) is 4.79 Å². The Morgan fingerprint density at radius 2 is 1.35 bits per heavy atom. The normalized spacial score (nSPS) is 10.5. The largest absolute Gasteiger partial charge is 0.473 e. The number of aromatic nitrogens is 1. The highest BCUT2D eigenvalue weighted by molar-refractivity contribution is 6.33. The second-order valence-electron chi connectivity index (χ2n) is 6.91. The van der Waals surface area contributed by atoms with Crippen LogP contribution in [0.5, 0.6) is 11.8 Å². The Morgan fingerprint density at radius 1 is 0.742 bits per heavy atom. The van der Waals surface area contributed by atoms with E-state index >= 15 is 0 Å².